The second-order valence-electron chi connectivity index (χ2n) is 4.53. The molecule has 0 unspecified atom stereocenters. The minimum absolute atomic E-state index is 0.0417. The van der Waals surface area contributed by atoms with E-state index in [2.05, 4.69) is 24.3 Å². The van der Waals surface area contributed by atoms with E-state index in [9.17, 15) is 0 Å². The smallest absolute Gasteiger partial charge is 0.0908 e. The Labute approximate surface area is 101 Å². The van der Waals surface area contributed by atoms with Crippen molar-refractivity contribution in [3.8, 4) is 0 Å². The molecule has 0 saturated carbocycles. The van der Waals surface area contributed by atoms with Gasteiger partial charge in [-0.2, -0.15) is 5.10 Å². The molecule has 4 nitrogen and oxygen atoms in total. The lowest BCUT2D eigenvalue weighted by Crippen LogP contribution is -2.58. The van der Waals surface area contributed by atoms with Gasteiger partial charge in [0.05, 0.1) is 28.6 Å². The van der Waals surface area contributed by atoms with Crippen LogP contribution in [0.25, 0.3) is 0 Å². The van der Waals surface area contributed by atoms with E-state index >= 15 is 0 Å². The Morgan fingerprint density at radius 3 is 2.69 bits per heavy atom. The second-order valence-corrected chi connectivity index (χ2v) is 4.90. The molecule has 0 bridgehead atoms. The molecule has 0 radical (unpaired) electrons. The lowest BCUT2D eigenvalue weighted by Gasteiger charge is -2.39. The van der Waals surface area contributed by atoms with Crippen molar-refractivity contribution in [3.05, 3.63) is 16.4 Å². The maximum Gasteiger partial charge on any atom is 0.0908 e. The van der Waals surface area contributed by atoms with Crippen molar-refractivity contribution in [3.63, 3.8) is 0 Å². The van der Waals surface area contributed by atoms with E-state index in [1.165, 1.54) is 0 Å². The van der Waals surface area contributed by atoms with Crippen LogP contribution in [-0.2, 0) is 24.8 Å². The van der Waals surface area contributed by atoms with Crippen LogP contribution in [0.2, 0.25) is 5.02 Å². The summed E-state index contributed by atoms with van der Waals surface area (Å²) in [6.07, 6.45) is 0.853. The summed E-state index contributed by atoms with van der Waals surface area (Å²) in [7, 11) is 1.91. The minimum Gasteiger partial charge on any atom is -0.366 e. The fraction of sp³-hybridized carbons (Fsp3) is 0.727. The number of nitrogens with one attached hydrogen (secondary N) is 1. The monoisotopic (exact) mass is 243 g/mol. The number of hydrogen-bond acceptors (Lipinski definition) is 3. The van der Waals surface area contributed by atoms with Crippen molar-refractivity contribution in [2.45, 2.75) is 32.5 Å². The largest absolute Gasteiger partial charge is 0.366 e. The summed E-state index contributed by atoms with van der Waals surface area (Å²) in [5.74, 6) is 0. The topological polar surface area (TPSA) is 39.1 Å². The molecule has 0 aromatic carbocycles. The zero-order valence-electron chi connectivity index (χ0n) is 10.0. The fourth-order valence-electron chi connectivity index (χ4n) is 1.80. The van der Waals surface area contributed by atoms with E-state index < -0.39 is 0 Å². The predicted molar refractivity (Wildman–Crippen MR) is 63.7 cm³/mol. The van der Waals surface area contributed by atoms with Crippen LogP contribution in [-0.4, -0.2) is 28.5 Å². The van der Waals surface area contributed by atoms with Gasteiger partial charge in [0.1, 0.15) is 0 Å². The van der Waals surface area contributed by atoms with Gasteiger partial charge in [0.2, 0.25) is 0 Å². The molecule has 1 aliphatic rings. The third-order valence-electron chi connectivity index (χ3n) is 3.06. The van der Waals surface area contributed by atoms with Crippen molar-refractivity contribution in [2.75, 3.05) is 13.1 Å². The summed E-state index contributed by atoms with van der Waals surface area (Å²) >= 11 is 6.24. The highest BCUT2D eigenvalue weighted by Gasteiger charge is 2.33. The summed E-state index contributed by atoms with van der Waals surface area (Å²) < 4.78 is 7.68. The third-order valence-corrected chi connectivity index (χ3v) is 3.49. The Hall–Kier alpha value is -0.580. The van der Waals surface area contributed by atoms with Crippen LogP contribution >= 0.6 is 11.6 Å². The molecule has 5 heteroatoms. The van der Waals surface area contributed by atoms with E-state index in [1.807, 2.05) is 11.7 Å². The molecule has 2 heterocycles. The molecule has 0 aliphatic carbocycles. The summed E-state index contributed by atoms with van der Waals surface area (Å²) in [5, 5.41) is 8.32. The highest BCUT2D eigenvalue weighted by Crippen LogP contribution is 2.24. The number of halogens is 1. The van der Waals surface area contributed by atoms with Gasteiger partial charge in [-0.1, -0.05) is 18.5 Å². The highest BCUT2D eigenvalue weighted by molar-refractivity contribution is 6.31. The quantitative estimate of drug-likeness (QED) is 0.872. The first-order valence-electron chi connectivity index (χ1n) is 5.60. The molecule has 0 spiro atoms. The number of hydrogen-bond donors (Lipinski definition) is 1. The van der Waals surface area contributed by atoms with Gasteiger partial charge in [0.15, 0.2) is 0 Å². The summed E-state index contributed by atoms with van der Waals surface area (Å²) in [6, 6.07) is 0. The van der Waals surface area contributed by atoms with Gasteiger partial charge in [0, 0.05) is 20.1 Å². The SMILES string of the molecule is CCc1nn(C)c(COC2(C)CNC2)c1Cl. The zero-order chi connectivity index (χ0) is 11.8. The van der Waals surface area contributed by atoms with Crippen molar-refractivity contribution < 1.29 is 4.74 Å². The fourth-order valence-corrected chi connectivity index (χ4v) is 2.15. The molecule has 0 amide bonds. The highest BCUT2D eigenvalue weighted by atomic mass is 35.5. The van der Waals surface area contributed by atoms with Crippen molar-refractivity contribution >= 4 is 11.6 Å². The van der Waals surface area contributed by atoms with Crippen LogP contribution in [0, 0.1) is 0 Å². The van der Waals surface area contributed by atoms with Crippen LogP contribution < -0.4 is 5.32 Å². The summed E-state index contributed by atoms with van der Waals surface area (Å²) in [6.45, 7) is 6.50. The molecule has 0 atom stereocenters. The molecule has 1 N–H and O–H groups in total. The number of rotatable bonds is 4. The molecule has 90 valence electrons. The third kappa shape index (κ3) is 2.10. The number of nitrogens with zero attached hydrogens (tertiary/aromatic N) is 2. The second kappa shape index (κ2) is 4.35. The van der Waals surface area contributed by atoms with Crippen LogP contribution in [0.4, 0.5) is 0 Å². The van der Waals surface area contributed by atoms with E-state index in [0.717, 1.165) is 35.9 Å². The van der Waals surface area contributed by atoms with Crippen LogP contribution in [0.5, 0.6) is 0 Å². The van der Waals surface area contributed by atoms with Crippen molar-refractivity contribution in [1.82, 2.24) is 15.1 Å². The molecular formula is C11H18ClN3O. The Morgan fingerprint density at radius 1 is 1.56 bits per heavy atom. The van der Waals surface area contributed by atoms with Gasteiger partial charge in [-0.15, -0.1) is 0 Å². The molecule has 2 rings (SSSR count). The van der Waals surface area contributed by atoms with Crippen LogP contribution in [0.1, 0.15) is 25.2 Å². The van der Waals surface area contributed by atoms with Gasteiger partial charge >= 0.3 is 0 Å². The van der Waals surface area contributed by atoms with Gasteiger partial charge in [0.25, 0.3) is 0 Å². The van der Waals surface area contributed by atoms with Crippen molar-refractivity contribution in [1.29, 1.82) is 0 Å². The summed E-state index contributed by atoms with van der Waals surface area (Å²) in [5.41, 5.74) is 1.87. The van der Waals surface area contributed by atoms with E-state index in [-0.39, 0.29) is 5.60 Å². The first-order chi connectivity index (χ1) is 7.56. The molecule has 1 fully saturated rings. The molecule has 16 heavy (non-hydrogen) atoms. The Bertz CT molecular complexity index is 385. The standard InChI is InChI=1S/C11H18ClN3O/c1-4-8-10(12)9(15(3)14-8)5-16-11(2)6-13-7-11/h13H,4-7H2,1-3H3. The van der Waals surface area contributed by atoms with Gasteiger partial charge in [-0.05, 0) is 13.3 Å². The van der Waals surface area contributed by atoms with E-state index in [4.69, 9.17) is 16.3 Å². The first-order valence-corrected chi connectivity index (χ1v) is 5.98. The van der Waals surface area contributed by atoms with Gasteiger partial charge in [-0.3, -0.25) is 4.68 Å². The Morgan fingerprint density at radius 2 is 2.25 bits per heavy atom. The van der Waals surface area contributed by atoms with E-state index in [1.54, 1.807) is 0 Å². The maximum atomic E-state index is 6.24. The Kier molecular flexibility index (Phi) is 3.24. The normalized spacial score (nSPS) is 18.5. The summed E-state index contributed by atoms with van der Waals surface area (Å²) in [4.78, 5) is 0. The molecule has 1 aliphatic heterocycles. The number of ether oxygens (including phenoxy) is 1. The molecule has 1 saturated heterocycles. The van der Waals surface area contributed by atoms with Gasteiger partial charge < -0.3 is 10.1 Å². The molecular weight excluding hydrogens is 226 g/mol. The maximum absolute atomic E-state index is 6.24. The molecule has 1 aromatic rings. The Balaban J connectivity index is 2.06. The molecule has 1 aromatic heterocycles. The lowest BCUT2D eigenvalue weighted by atomic mass is 10.0. The average molecular weight is 244 g/mol. The first kappa shape index (κ1) is 11.9. The van der Waals surface area contributed by atoms with Crippen LogP contribution in [0.3, 0.4) is 0 Å². The minimum atomic E-state index is -0.0417. The zero-order valence-corrected chi connectivity index (χ0v) is 10.8. The van der Waals surface area contributed by atoms with Crippen LogP contribution in [0.15, 0.2) is 0 Å². The van der Waals surface area contributed by atoms with E-state index in [0.29, 0.717) is 6.61 Å². The number of aryl methyl sites for hydroxylation is 2. The number of aromatic nitrogens is 2. The lowest BCUT2D eigenvalue weighted by molar-refractivity contribution is -0.0786. The predicted octanol–water partition coefficient (Wildman–Crippen LogP) is 1.51. The average Bonchev–Trinajstić information content (AvgIpc) is 2.49. The van der Waals surface area contributed by atoms with Crippen molar-refractivity contribution in [2.24, 2.45) is 7.05 Å². The van der Waals surface area contributed by atoms with Gasteiger partial charge in [-0.25, -0.2) is 0 Å².